The van der Waals surface area contributed by atoms with Crippen LogP contribution in [-0.4, -0.2) is 10.7 Å². The summed E-state index contributed by atoms with van der Waals surface area (Å²) in [5.74, 6) is 0. The molecular weight excluding hydrogens is 212 g/mol. The SMILES string of the molecule is c1ccc(C2=NOC(c3ccccn3)C2)cc1. The lowest BCUT2D eigenvalue weighted by Gasteiger charge is -2.06. The summed E-state index contributed by atoms with van der Waals surface area (Å²) in [6.07, 6.45) is 2.51. The molecule has 1 unspecified atom stereocenters. The largest absolute Gasteiger partial charge is 0.385 e. The van der Waals surface area contributed by atoms with Crippen LogP contribution in [0.5, 0.6) is 0 Å². The van der Waals surface area contributed by atoms with Crippen molar-refractivity contribution in [2.45, 2.75) is 12.5 Å². The van der Waals surface area contributed by atoms with E-state index in [9.17, 15) is 0 Å². The zero-order valence-electron chi connectivity index (χ0n) is 9.28. The molecule has 1 aromatic carbocycles. The van der Waals surface area contributed by atoms with Crippen LogP contribution < -0.4 is 0 Å². The van der Waals surface area contributed by atoms with Gasteiger partial charge >= 0.3 is 0 Å². The van der Waals surface area contributed by atoms with E-state index in [2.05, 4.69) is 10.1 Å². The normalized spacial score (nSPS) is 18.6. The molecule has 0 saturated carbocycles. The second kappa shape index (κ2) is 4.37. The molecule has 0 fully saturated rings. The molecule has 84 valence electrons. The van der Waals surface area contributed by atoms with E-state index in [-0.39, 0.29) is 6.10 Å². The van der Waals surface area contributed by atoms with Crippen molar-refractivity contribution in [3.8, 4) is 0 Å². The molecule has 0 spiro atoms. The van der Waals surface area contributed by atoms with E-state index < -0.39 is 0 Å². The molecule has 0 saturated heterocycles. The Kier molecular flexibility index (Phi) is 2.58. The Morgan fingerprint density at radius 2 is 1.82 bits per heavy atom. The molecule has 2 aromatic rings. The minimum Gasteiger partial charge on any atom is -0.385 e. The number of hydrogen-bond acceptors (Lipinski definition) is 3. The maximum Gasteiger partial charge on any atom is 0.174 e. The van der Waals surface area contributed by atoms with Crippen LogP contribution in [-0.2, 0) is 4.84 Å². The summed E-state index contributed by atoms with van der Waals surface area (Å²) in [4.78, 5) is 9.72. The van der Waals surface area contributed by atoms with E-state index in [1.54, 1.807) is 6.20 Å². The minimum absolute atomic E-state index is 0.0496. The van der Waals surface area contributed by atoms with Gasteiger partial charge in [0.25, 0.3) is 0 Å². The van der Waals surface area contributed by atoms with Gasteiger partial charge in [0.1, 0.15) is 0 Å². The monoisotopic (exact) mass is 224 g/mol. The van der Waals surface area contributed by atoms with Gasteiger partial charge in [-0.3, -0.25) is 4.98 Å². The van der Waals surface area contributed by atoms with Crippen molar-refractivity contribution in [2.24, 2.45) is 5.16 Å². The molecule has 0 radical (unpaired) electrons. The molecule has 3 heteroatoms. The van der Waals surface area contributed by atoms with Crippen molar-refractivity contribution in [3.05, 3.63) is 66.0 Å². The number of hydrogen-bond donors (Lipinski definition) is 0. The van der Waals surface area contributed by atoms with Gasteiger partial charge in [0.15, 0.2) is 6.10 Å². The van der Waals surface area contributed by atoms with E-state index in [1.807, 2.05) is 48.5 Å². The Hall–Kier alpha value is -2.16. The first-order valence-electron chi connectivity index (χ1n) is 5.62. The molecule has 3 rings (SSSR count). The fourth-order valence-electron chi connectivity index (χ4n) is 1.90. The number of benzene rings is 1. The zero-order valence-corrected chi connectivity index (χ0v) is 9.28. The molecule has 2 heterocycles. The Bertz CT molecular complexity index is 522. The molecule has 1 aromatic heterocycles. The van der Waals surface area contributed by atoms with E-state index in [4.69, 9.17) is 4.84 Å². The third-order valence-corrected chi connectivity index (χ3v) is 2.79. The van der Waals surface area contributed by atoms with Gasteiger partial charge < -0.3 is 4.84 Å². The summed E-state index contributed by atoms with van der Waals surface area (Å²) in [7, 11) is 0. The van der Waals surface area contributed by atoms with Crippen LogP contribution in [0.2, 0.25) is 0 Å². The molecule has 1 aliphatic heterocycles. The van der Waals surface area contributed by atoms with Gasteiger partial charge in [-0.15, -0.1) is 0 Å². The van der Waals surface area contributed by atoms with Crippen molar-refractivity contribution in [2.75, 3.05) is 0 Å². The second-order valence-electron chi connectivity index (χ2n) is 3.96. The molecule has 17 heavy (non-hydrogen) atoms. The highest BCUT2D eigenvalue weighted by Gasteiger charge is 2.24. The average Bonchev–Trinajstić information content (AvgIpc) is 2.90. The maximum absolute atomic E-state index is 5.43. The van der Waals surface area contributed by atoms with Gasteiger partial charge in [-0.1, -0.05) is 41.6 Å². The Balaban J connectivity index is 1.78. The average molecular weight is 224 g/mol. The van der Waals surface area contributed by atoms with E-state index in [0.29, 0.717) is 0 Å². The molecule has 1 atom stereocenters. The van der Waals surface area contributed by atoms with Gasteiger partial charge in [0, 0.05) is 12.6 Å². The van der Waals surface area contributed by atoms with Gasteiger partial charge in [0.05, 0.1) is 11.4 Å². The Labute approximate surface area is 99.8 Å². The lowest BCUT2D eigenvalue weighted by molar-refractivity contribution is 0.0826. The standard InChI is InChI=1S/C14H12N2O/c1-2-6-11(7-3-1)13-10-14(17-16-13)12-8-4-5-9-15-12/h1-9,14H,10H2. The number of aromatic nitrogens is 1. The number of nitrogens with zero attached hydrogens (tertiary/aromatic N) is 2. The predicted octanol–water partition coefficient (Wildman–Crippen LogP) is 2.95. The predicted molar refractivity (Wildman–Crippen MR) is 65.7 cm³/mol. The highest BCUT2D eigenvalue weighted by Crippen LogP contribution is 2.27. The molecule has 1 aliphatic rings. The summed E-state index contributed by atoms with van der Waals surface area (Å²) in [5.41, 5.74) is 3.04. The van der Waals surface area contributed by atoms with E-state index in [0.717, 1.165) is 23.4 Å². The molecule has 0 N–H and O–H groups in total. The van der Waals surface area contributed by atoms with Gasteiger partial charge in [0.2, 0.25) is 0 Å². The van der Waals surface area contributed by atoms with Crippen LogP contribution in [0.3, 0.4) is 0 Å². The fourth-order valence-corrected chi connectivity index (χ4v) is 1.90. The summed E-state index contributed by atoms with van der Waals surface area (Å²) in [6.45, 7) is 0. The highest BCUT2D eigenvalue weighted by atomic mass is 16.6. The second-order valence-corrected chi connectivity index (χ2v) is 3.96. The molecule has 0 aliphatic carbocycles. The van der Waals surface area contributed by atoms with Crippen molar-refractivity contribution in [3.63, 3.8) is 0 Å². The van der Waals surface area contributed by atoms with Crippen molar-refractivity contribution < 1.29 is 4.84 Å². The summed E-state index contributed by atoms with van der Waals surface area (Å²) >= 11 is 0. The summed E-state index contributed by atoms with van der Waals surface area (Å²) in [6, 6.07) is 15.9. The Morgan fingerprint density at radius 3 is 2.59 bits per heavy atom. The molecular formula is C14H12N2O. The van der Waals surface area contributed by atoms with Crippen molar-refractivity contribution in [1.29, 1.82) is 0 Å². The van der Waals surface area contributed by atoms with Gasteiger partial charge in [-0.2, -0.15) is 0 Å². The Morgan fingerprint density at radius 1 is 1.00 bits per heavy atom. The zero-order chi connectivity index (χ0) is 11.5. The molecule has 0 bridgehead atoms. The third kappa shape index (κ3) is 2.04. The van der Waals surface area contributed by atoms with E-state index >= 15 is 0 Å². The van der Waals surface area contributed by atoms with Crippen LogP contribution in [0.15, 0.2) is 59.9 Å². The first-order valence-corrected chi connectivity index (χ1v) is 5.62. The van der Waals surface area contributed by atoms with Crippen LogP contribution in [0, 0.1) is 0 Å². The van der Waals surface area contributed by atoms with Crippen molar-refractivity contribution >= 4 is 5.71 Å². The highest BCUT2D eigenvalue weighted by molar-refractivity contribution is 6.01. The first kappa shape index (κ1) is 10.0. The summed E-state index contributed by atoms with van der Waals surface area (Å²) in [5, 5.41) is 4.14. The maximum atomic E-state index is 5.43. The smallest absolute Gasteiger partial charge is 0.174 e. The van der Waals surface area contributed by atoms with Crippen LogP contribution in [0.1, 0.15) is 23.8 Å². The van der Waals surface area contributed by atoms with Crippen molar-refractivity contribution in [1.82, 2.24) is 4.98 Å². The fraction of sp³-hybridized carbons (Fsp3) is 0.143. The quantitative estimate of drug-likeness (QED) is 0.786. The number of pyridine rings is 1. The summed E-state index contributed by atoms with van der Waals surface area (Å²) < 4.78 is 0. The topological polar surface area (TPSA) is 34.5 Å². The van der Waals surface area contributed by atoms with Crippen LogP contribution >= 0.6 is 0 Å². The third-order valence-electron chi connectivity index (χ3n) is 2.79. The van der Waals surface area contributed by atoms with Crippen LogP contribution in [0.25, 0.3) is 0 Å². The minimum atomic E-state index is -0.0496. The van der Waals surface area contributed by atoms with E-state index in [1.165, 1.54) is 0 Å². The lowest BCUT2D eigenvalue weighted by atomic mass is 10.0. The number of oxime groups is 1. The van der Waals surface area contributed by atoms with Gasteiger partial charge in [-0.25, -0.2) is 0 Å². The lowest BCUT2D eigenvalue weighted by Crippen LogP contribution is -2.02. The number of rotatable bonds is 2. The first-order chi connectivity index (χ1) is 8.43. The molecule has 0 amide bonds. The van der Waals surface area contributed by atoms with Crippen LogP contribution in [0.4, 0.5) is 0 Å². The van der Waals surface area contributed by atoms with Gasteiger partial charge in [-0.05, 0) is 17.7 Å². The molecule has 3 nitrogen and oxygen atoms in total.